The van der Waals surface area contributed by atoms with Gasteiger partial charge in [0.1, 0.15) is 5.75 Å². The van der Waals surface area contributed by atoms with E-state index < -0.39 is 0 Å². The van der Waals surface area contributed by atoms with Crippen LogP contribution in [0.1, 0.15) is 11.1 Å². The fourth-order valence-corrected chi connectivity index (χ4v) is 3.14. The Morgan fingerprint density at radius 3 is 2.27 bits per heavy atom. The Hall–Kier alpha value is -4.33. The Kier molecular flexibility index (Phi) is 7.64. The van der Waals surface area contributed by atoms with Crippen LogP contribution in [-0.2, 0) is 11.3 Å². The van der Waals surface area contributed by atoms with Crippen molar-refractivity contribution >= 4 is 29.0 Å². The van der Waals surface area contributed by atoms with Gasteiger partial charge >= 0.3 is 0 Å². The number of para-hydroxylation sites is 1. The summed E-state index contributed by atoms with van der Waals surface area (Å²) in [4.78, 5) is 12.2. The summed E-state index contributed by atoms with van der Waals surface area (Å²) in [5.41, 5.74) is 8.99. The third-order valence-electron chi connectivity index (χ3n) is 4.91. The average Bonchev–Trinajstić information content (AvgIpc) is 2.84. The first-order valence-electron chi connectivity index (χ1n) is 10.1. The molecule has 8 heteroatoms. The standard InChI is InChI=1S/C25H27N3O5/c1-31-21-13-18(14-22(32-2)25(21)33-3)27-15-17-9-7-16(8-10-17)11-12-23(30)28-19-5-4-6-20(29)24(19)26/h4-14,27,29H,15,26H2,1-3H3,(H,28,30)/b12-11-. The first kappa shape index (κ1) is 23.3. The molecule has 33 heavy (non-hydrogen) atoms. The Bertz CT molecular complexity index is 1120. The molecular weight excluding hydrogens is 422 g/mol. The van der Waals surface area contributed by atoms with Crippen molar-refractivity contribution in [1.82, 2.24) is 0 Å². The molecule has 0 bridgehead atoms. The summed E-state index contributed by atoms with van der Waals surface area (Å²) in [7, 11) is 4.72. The SMILES string of the molecule is COc1cc(NCc2ccc(/C=C\C(=O)Nc3cccc(O)c3N)cc2)cc(OC)c1OC. The largest absolute Gasteiger partial charge is 0.506 e. The summed E-state index contributed by atoms with van der Waals surface area (Å²) >= 11 is 0. The first-order valence-corrected chi connectivity index (χ1v) is 10.1. The van der Waals surface area contributed by atoms with Crippen molar-refractivity contribution in [2.75, 3.05) is 37.7 Å². The second-order valence-electron chi connectivity index (χ2n) is 7.07. The van der Waals surface area contributed by atoms with Crippen LogP contribution in [0.5, 0.6) is 23.0 Å². The van der Waals surface area contributed by atoms with Gasteiger partial charge in [-0.05, 0) is 29.3 Å². The highest BCUT2D eigenvalue weighted by Crippen LogP contribution is 2.40. The van der Waals surface area contributed by atoms with Crippen LogP contribution in [-0.4, -0.2) is 32.3 Å². The molecular formula is C25H27N3O5. The second kappa shape index (κ2) is 10.8. The molecule has 0 aromatic heterocycles. The third-order valence-corrected chi connectivity index (χ3v) is 4.91. The second-order valence-corrected chi connectivity index (χ2v) is 7.07. The zero-order chi connectivity index (χ0) is 23.8. The molecule has 0 spiro atoms. The maximum absolute atomic E-state index is 12.2. The van der Waals surface area contributed by atoms with Crippen LogP contribution in [0.25, 0.3) is 6.08 Å². The number of amides is 1. The summed E-state index contributed by atoms with van der Waals surface area (Å²) in [6.07, 6.45) is 3.11. The molecule has 3 rings (SSSR count). The Balaban J connectivity index is 1.60. The minimum absolute atomic E-state index is 0.0764. The highest BCUT2D eigenvalue weighted by atomic mass is 16.5. The molecule has 3 aromatic carbocycles. The van der Waals surface area contributed by atoms with Crippen LogP contribution in [0.2, 0.25) is 0 Å². The van der Waals surface area contributed by atoms with Crippen LogP contribution in [0.15, 0.2) is 60.7 Å². The number of benzene rings is 3. The quantitative estimate of drug-likeness (QED) is 0.219. The Morgan fingerprint density at radius 2 is 1.67 bits per heavy atom. The molecule has 0 saturated carbocycles. The van der Waals surface area contributed by atoms with Gasteiger partial charge in [0.2, 0.25) is 11.7 Å². The Labute approximate surface area is 192 Å². The van der Waals surface area contributed by atoms with Gasteiger partial charge in [-0.2, -0.15) is 0 Å². The average molecular weight is 450 g/mol. The van der Waals surface area contributed by atoms with Crippen molar-refractivity contribution in [2.24, 2.45) is 0 Å². The summed E-state index contributed by atoms with van der Waals surface area (Å²) in [5.74, 6) is 1.27. The monoisotopic (exact) mass is 449 g/mol. The number of aromatic hydroxyl groups is 1. The molecule has 0 aliphatic rings. The van der Waals surface area contributed by atoms with Crippen molar-refractivity contribution in [2.45, 2.75) is 6.54 Å². The number of ether oxygens (including phenoxy) is 3. The number of carbonyl (C=O) groups is 1. The number of hydrogen-bond acceptors (Lipinski definition) is 7. The number of phenols is 1. The van der Waals surface area contributed by atoms with Crippen LogP contribution in [0.4, 0.5) is 17.1 Å². The predicted octanol–water partition coefficient (Wildman–Crippen LogP) is 4.26. The molecule has 3 aromatic rings. The van der Waals surface area contributed by atoms with E-state index >= 15 is 0 Å². The molecule has 0 aliphatic heterocycles. The molecule has 0 heterocycles. The van der Waals surface area contributed by atoms with E-state index in [4.69, 9.17) is 19.9 Å². The van der Waals surface area contributed by atoms with Gasteiger partial charge < -0.3 is 35.7 Å². The molecule has 0 saturated heterocycles. The summed E-state index contributed by atoms with van der Waals surface area (Å²) in [6.45, 7) is 0.583. The number of carbonyl (C=O) groups excluding carboxylic acids is 1. The normalized spacial score (nSPS) is 10.6. The van der Waals surface area contributed by atoms with Crippen molar-refractivity contribution in [1.29, 1.82) is 0 Å². The number of nitrogens with two attached hydrogens (primary N) is 1. The van der Waals surface area contributed by atoms with E-state index in [-0.39, 0.29) is 17.3 Å². The predicted molar refractivity (Wildman–Crippen MR) is 130 cm³/mol. The lowest BCUT2D eigenvalue weighted by Crippen LogP contribution is -2.09. The minimum atomic E-state index is -0.347. The topological polar surface area (TPSA) is 115 Å². The number of anilines is 3. The fraction of sp³-hybridized carbons (Fsp3) is 0.160. The van der Waals surface area contributed by atoms with Crippen LogP contribution < -0.4 is 30.6 Å². The zero-order valence-corrected chi connectivity index (χ0v) is 18.7. The molecule has 172 valence electrons. The summed E-state index contributed by atoms with van der Waals surface area (Å²) < 4.78 is 16.1. The van der Waals surface area contributed by atoms with E-state index in [2.05, 4.69) is 10.6 Å². The Morgan fingerprint density at radius 1 is 1.00 bits per heavy atom. The smallest absolute Gasteiger partial charge is 0.248 e. The van der Waals surface area contributed by atoms with Gasteiger partial charge in [0, 0.05) is 30.4 Å². The van der Waals surface area contributed by atoms with E-state index in [1.54, 1.807) is 39.5 Å². The van der Waals surface area contributed by atoms with Gasteiger partial charge in [-0.1, -0.05) is 30.3 Å². The number of methoxy groups -OCH3 is 3. The van der Waals surface area contributed by atoms with E-state index in [0.29, 0.717) is 29.5 Å². The molecule has 0 radical (unpaired) electrons. The van der Waals surface area contributed by atoms with Gasteiger partial charge in [0.05, 0.1) is 32.7 Å². The number of hydrogen-bond donors (Lipinski definition) is 4. The van der Waals surface area contributed by atoms with E-state index in [9.17, 15) is 9.90 Å². The number of phenolic OH excluding ortho intramolecular Hbond substituents is 1. The first-order chi connectivity index (χ1) is 15.9. The van der Waals surface area contributed by atoms with Gasteiger partial charge in [-0.15, -0.1) is 0 Å². The maximum Gasteiger partial charge on any atom is 0.248 e. The van der Waals surface area contributed by atoms with Gasteiger partial charge in [0.15, 0.2) is 11.5 Å². The number of rotatable bonds is 9. The molecule has 0 aliphatic carbocycles. The van der Waals surface area contributed by atoms with Gasteiger partial charge in [0.25, 0.3) is 0 Å². The molecule has 0 unspecified atom stereocenters. The molecule has 1 amide bonds. The lowest BCUT2D eigenvalue weighted by molar-refractivity contribution is -0.111. The minimum Gasteiger partial charge on any atom is -0.506 e. The van der Waals surface area contributed by atoms with E-state index in [1.807, 2.05) is 36.4 Å². The highest BCUT2D eigenvalue weighted by Gasteiger charge is 2.13. The summed E-state index contributed by atoms with van der Waals surface area (Å²) in [5, 5.41) is 15.6. The molecule has 5 N–H and O–H groups in total. The molecule has 8 nitrogen and oxygen atoms in total. The van der Waals surface area contributed by atoms with Gasteiger partial charge in [-0.3, -0.25) is 4.79 Å². The van der Waals surface area contributed by atoms with Crippen LogP contribution >= 0.6 is 0 Å². The van der Waals surface area contributed by atoms with Crippen LogP contribution in [0, 0.1) is 0 Å². The number of nitrogens with one attached hydrogen (secondary N) is 2. The maximum atomic E-state index is 12.2. The summed E-state index contributed by atoms with van der Waals surface area (Å²) in [6, 6.07) is 16.1. The lowest BCUT2D eigenvalue weighted by atomic mass is 10.1. The van der Waals surface area contributed by atoms with Gasteiger partial charge in [-0.25, -0.2) is 0 Å². The zero-order valence-electron chi connectivity index (χ0n) is 18.7. The van der Waals surface area contributed by atoms with E-state index in [1.165, 1.54) is 12.1 Å². The molecule has 0 fully saturated rings. The third kappa shape index (κ3) is 5.88. The number of nitrogen functional groups attached to an aromatic ring is 1. The van der Waals surface area contributed by atoms with Crippen LogP contribution in [0.3, 0.4) is 0 Å². The lowest BCUT2D eigenvalue weighted by Gasteiger charge is -2.15. The van der Waals surface area contributed by atoms with Crippen molar-refractivity contribution in [3.8, 4) is 23.0 Å². The molecule has 0 atom stereocenters. The fourth-order valence-electron chi connectivity index (χ4n) is 3.14. The van der Waals surface area contributed by atoms with Crippen molar-refractivity contribution in [3.63, 3.8) is 0 Å². The van der Waals surface area contributed by atoms with Crippen molar-refractivity contribution < 1.29 is 24.1 Å². The van der Waals surface area contributed by atoms with E-state index in [0.717, 1.165) is 16.8 Å². The highest BCUT2D eigenvalue weighted by molar-refractivity contribution is 6.04. The van der Waals surface area contributed by atoms with Crippen molar-refractivity contribution in [3.05, 3.63) is 71.8 Å².